The van der Waals surface area contributed by atoms with Gasteiger partial charge in [0.2, 0.25) is 0 Å². The lowest BCUT2D eigenvalue weighted by molar-refractivity contribution is 0.428. The van der Waals surface area contributed by atoms with Gasteiger partial charge in [0.25, 0.3) is 6.08 Å². The summed E-state index contributed by atoms with van der Waals surface area (Å²) in [5, 5.41) is 0. The molecule has 0 unspecified atom stereocenters. The van der Waals surface area contributed by atoms with E-state index in [4.69, 9.17) is 0 Å². The lowest BCUT2D eigenvalue weighted by atomic mass is 10.00. The molecule has 3 aromatic carbocycles. The summed E-state index contributed by atoms with van der Waals surface area (Å²) in [7, 11) is 0. The average molecular weight is 324 g/mol. The van der Waals surface area contributed by atoms with Gasteiger partial charge in [0.1, 0.15) is 0 Å². The van der Waals surface area contributed by atoms with Crippen LogP contribution in [0.15, 0.2) is 95.9 Å². The Labute approximate surface area is 138 Å². The largest absolute Gasteiger partial charge is 0.284 e. The summed E-state index contributed by atoms with van der Waals surface area (Å²) in [6.45, 7) is 0. The Morgan fingerprint density at radius 1 is 0.652 bits per heavy atom. The fourth-order valence-corrected chi connectivity index (χ4v) is 3.25. The summed E-state index contributed by atoms with van der Waals surface area (Å²) in [6.07, 6.45) is -1.66. The molecule has 114 valence electrons. The van der Waals surface area contributed by atoms with Gasteiger partial charge in [-0.3, -0.25) is 0 Å². The van der Waals surface area contributed by atoms with E-state index in [2.05, 4.69) is 0 Å². The first-order valence-electron chi connectivity index (χ1n) is 7.18. The van der Waals surface area contributed by atoms with Gasteiger partial charge >= 0.3 is 0 Å². The van der Waals surface area contributed by atoms with Crippen molar-refractivity contribution in [2.45, 2.75) is 4.90 Å². The molecule has 0 fully saturated rings. The molecule has 0 aliphatic rings. The quantitative estimate of drug-likeness (QED) is 0.480. The van der Waals surface area contributed by atoms with Gasteiger partial charge in [-0.05, 0) is 23.3 Å². The van der Waals surface area contributed by atoms with Crippen LogP contribution >= 0.6 is 11.8 Å². The highest BCUT2D eigenvalue weighted by Crippen LogP contribution is 2.41. The third kappa shape index (κ3) is 3.69. The van der Waals surface area contributed by atoms with E-state index >= 15 is 0 Å². The summed E-state index contributed by atoms with van der Waals surface area (Å²) in [5.74, 6) is 0. The predicted molar refractivity (Wildman–Crippen MR) is 93.3 cm³/mol. The molecule has 0 aliphatic heterocycles. The maximum absolute atomic E-state index is 13.6. The van der Waals surface area contributed by atoms with Gasteiger partial charge < -0.3 is 0 Å². The number of hydrogen-bond acceptors (Lipinski definition) is 1. The first-order valence-corrected chi connectivity index (χ1v) is 8.00. The van der Waals surface area contributed by atoms with Crippen LogP contribution in [0.3, 0.4) is 0 Å². The van der Waals surface area contributed by atoms with E-state index in [1.54, 1.807) is 12.1 Å². The van der Waals surface area contributed by atoms with Crippen LogP contribution in [0.25, 0.3) is 16.0 Å². The number of halogens is 2. The Morgan fingerprint density at radius 2 is 1.22 bits per heavy atom. The van der Waals surface area contributed by atoms with Crippen molar-refractivity contribution < 1.29 is 8.78 Å². The zero-order chi connectivity index (χ0) is 16.1. The Morgan fingerprint density at radius 3 is 1.87 bits per heavy atom. The molecule has 0 spiro atoms. The van der Waals surface area contributed by atoms with Crippen LogP contribution in [0.4, 0.5) is 8.78 Å². The summed E-state index contributed by atoms with van der Waals surface area (Å²) in [4.78, 5) is 0.786. The van der Waals surface area contributed by atoms with Gasteiger partial charge in [0.15, 0.2) is 0 Å². The first kappa shape index (κ1) is 15.5. The number of thioether (sulfide) groups is 1. The monoisotopic (exact) mass is 324 g/mol. The fourth-order valence-electron chi connectivity index (χ4n) is 2.35. The van der Waals surface area contributed by atoms with Crippen LogP contribution in [0.2, 0.25) is 0 Å². The molecular formula is C20H14F2S. The van der Waals surface area contributed by atoms with Gasteiger partial charge in [-0.1, -0.05) is 84.6 Å². The van der Waals surface area contributed by atoms with Gasteiger partial charge in [0, 0.05) is 10.5 Å². The van der Waals surface area contributed by atoms with E-state index in [1.807, 2.05) is 72.8 Å². The van der Waals surface area contributed by atoms with E-state index in [-0.39, 0.29) is 4.91 Å². The van der Waals surface area contributed by atoms with Crippen molar-refractivity contribution in [1.82, 2.24) is 0 Å². The zero-order valence-corrected chi connectivity index (χ0v) is 13.1. The van der Waals surface area contributed by atoms with Gasteiger partial charge in [-0.15, -0.1) is 0 Å². The Hall–Kier alpha value is -2.39. The van der Waals surface area contributed by atoms with Crippen LogP contribution in [-0.2, 0) is 0 Å². The number of hydrogen-bond donors (Lipinski definition) is 0. The summed E-state index contributed by atoms with van der Waals surface area (Å²) in [5.41, 5.74) is 2.28. The molecule has 0 radical (unpaired) electrons. The maximum Gasteiger partial charge on any atom is 0.284 e. The standard InChI is InChI=1S/C20H14F2S/c21-20(22)19(23-16-11-5-2-6-12-16)18-14-8-7-13-17(18)15-9-3-1-4-10-15/h1-14H. The number of benzene rings is 3. The molecule has 0 N–H and O–H groups in total. The predicted octanol–water partition coefficient (Wildman–Crippen LogP) is 6.71. The molecule has 3 heteroatoms. The molecule has 0 amide bonds. The van der Waals surface area contributed by atoms with Crippen molar-refractivity contribution in [3.63, 3.8) is 0 Å². The molecule has 0 nitrogen and oxygen atoms in total. The highest BCUT2D eigenvalue weighted by atomic mass is 32.2. The highest BCUT2D eigenvalue weighted by Gasteiger charge is 2.16. The Bertz CT molecular complexity index is 807. The van der Waals surface area contributed by atoms with Crippen LogP contribution in [-0.4, -0.2) is 0 Å². The average Bonchev–Trinajstić information content (AvgIpc) is 2.61. The fraction of sp³-hybridized carbons (Fsp3) is 0. The Kier molecular flexibility index (Phi) is 4.89. The molecule has 0 heterocycles. The lowest BCUT2D eigenvalue weighted by Gasteiger charge is -2.12. The maximum atomic E-state index is 13.6. The van der Waals surface area contributed by atoms with E-state index in [0.717, 1.165) is 27.8 Å². The minimum absolute atomic E-state index is 0.00402. The molecule has 3 rings (SSSR count). The smallest absolute Gasteiger partial charge is 0.172 e. The van der Waals surface area contributed by atoms with Gasteiger partial charge in [-0.2, -0.15) is 8.78 Å². The first-order chi connectivity index (χ1) is 11.3. The molecule has 0 atom stereocenters. The highest BCUT2D eigenvalue weighted by molar-refractivity contribution is 8.08. The van der Waals surface area contributed by atoms with Crippen molar-refractivity contribution in [1.29, 1.82) is 0 Å². The minimum Gasteiger partial charge on any atom is -0.172 e. The van der Waals surface area contributed by atoms with Gasteiger partial charge in [0.05, 0.1) is 4.91 Å². The van der Waals surface area contributed by atoms with E-state index in [9.17, 15) is 8.78 Å². The zero-order valence-electron chi connectivity index (χ0n) is 12.2. The Balaban J connectivity index is 2.07. The molecule has 0 saturated heterocycles. The van der Waals surface area contributed by atoms with Crippen LogP contribution < -0.4 is 0 Å². The van der Waals surface area contributed by atoms with Crippen molar-refractivity contribution >= 4 is 16.7 Å². The van der Waals surface area contributed by atoms with Crippen LogP contribution in [0.5, 0.6) is 0 Å². The van der Waals surface area contributed by atoms with Crippen LogP contribution in [0.1, 0.15) is 5.56 Å². The second kappa shape index (κ2) is 7.25. The lowest BCUT2D eigenvalue weighted by Crippen LogP contribution is -1.88. The molecule has 0 aliphatic carbocycles. The topological polar surface area (TPSA) is 0 Å². The van der Waals surface area contributed by atoms with E-state index < -0.39 is 6.08 Å². The van der Waals surface area contributed by atoms with E-state index in [0.29, 0.717) is 5.56 Å². The molecule has 0 bridgehead atoms. The molecule has 23 heavy (non-hydrogen) atoms. The summed E-state index contributed by atoms with van der Waals surface area (Å²) >= 11 is 1.09. The summed E-state index contributed by atoms with van der Waals surface area (Å²) in [6, 6.07) is 26.1. The normalized spacial score (nSPS) is 10.3. The molecule has 0 aromatic heterocycles. The van der Waals surface area contributed by atoms with Crippen LogP contribution in [0, 0.1) is 0 Å². The van der Waals surface area contributed by atoms with Gasteiger partial charge in [-0.25, -0.2) is 0 Å². The third-order valence-electron chi connectivity index (χ3n) is 3.39. The minimum atomic E-state index is -1.66. The van der Waals surface area contributed by atoms with E-state index in [1.165, 1.54) is 0 Å². The molecule has 0 saturated carbocycles. The number of rotatable bonds is 4. The second-order valence-electron chi connectivity index (χ2n) is 4.92. The van der Waals surface area contributed by atoms with Crippen molar-refractivity contribution in [3.05, 3.63) is 96.6 Å². The molecule has 3 aromatic rings. The second-order valence-corrected chi connectivity index (χ2v) is 6.00. The van der Waals surface area contributed by atoms with Crippen molar-refractivity contribution in [3.8, 4) is 11.1 Å². The third-order valence-corrected chi connectivity index (χ3v) is 4.48. The molecular weight excluding hydrogens is 310 g/mol. The van der Waals surface area contributed by atoms with Crippen molar-refractivity contribution in [2.75, 3.05) is 0 Å². The SMILES string of the molecule is FC(F)=C(Sc1ccccc1)c1ccccc1-c1ccccc1. The summed E-state index contributed by atoms with van der Waals surface area (Å²) < 4.78 is 27.3. The van der Waals surface area contributed by atoms with Crippen molar-refractivity contribution in [2.24, 2.45) is 0 Å².